The van der Waals surface area contributed by atoms with E-state index in [4.69, 9.17) is 4.84 Å². The van der Waals surface area contributed by atoms with Gasteiger partial charge in [-0.1, -0.05) is 36.8 Å². The number of likely N-dealkylation sites (N-methyl/N-ethyl adjacent to an activating group) is 1. The van der Waals surface area contributed by atoms with Crippen molar-refractivity contribution in [3.05, 3.63) is 47.5 Å². The molecule has 1 aliphatic rings. The van der Waals surface area contributed by atoms with Crippen molar-refractivity contribution >= 4 is 11.8 Å². The van der Waals surface area contributed by atoms with Gasteiger partial charge >= 0.3 is 0 Å². The molecule has 0 fully saturated rings. The van der Waals surface area contributed by atoms with Gasteiger partial charge in [0, 0.05) is 12.6 Å². The van der Waals surface area contributed by atoms with E-state index in [0.29, 0.717) is 12.0 Å². The molecule has 0 unspecified atom stereocenters. The number of allylic oxidation sites excluding steroid dienone is 1. The van der Waals surface area contributed by atoms with Gasteiger partial charge in [0.05, 0.1) is 7.11 Å². The van der Waals surface area contributed by atoms with Crippen LogP contribution < -0.4 is 5.32 Å². The van der Waals surface area contributed by atoms with Crippen LogP contribution in [0.2, 0.25) is 0 Å². The summed E-state index contributed by atoms with van der Waals surface area (Å²) in [5, 5.41) is 4.02. The molecule has 0 bridgehead atoms. The number of nitrogens with one attached hydrogen (secondary N) is 1. The van der Waals surface area contributed by atoms with Gasteiger partial charge in [-0.25, -0.2) is 5.06 Å². The van der Waals surface area contributed by atoms with Crippen molar-refractivity contribution < 1.29 is 14.4 Å². The number of benzene rings is 1. The van der Waals surface area contributed by atoms with Crippen LogP contribution in [0, 0.1) is 0 Å². The first-order chi connectivity index (χ1) is 11.6. The predicted octanol–water partition coefficient (Wildman–Crippen LogP) is 2.87. The average molecular weight is 330 g/mol. The van der Waals surface area contributed by atoms with E-state index in [9.17, 15) is 9.59 Å². The Labute approximate surface area is 143 Å². The molecular formula is C19H26N2O3. The molecule has 1 aromatic rings. The molecule has 0 radical (unpaired) electrons. The fraction of sp³-hybridized carbons (Fsp3) is 0.474. The second-order valence-corrected chi connectivity index (χ2v) is 6.01. The minimum atomic E-state index is -0.632. The van der Waals surface area contributed by atoms with Crippen LogP contribution in [-0.4, -0.2) is 37.1 Å². The molecule has 0 aromatic heterocycles. The Kier molecular flexibility index (Phi) is 7.00. The zero-order valence-electron chi connectivity index (χ0n) is 14.5. The van der Waals surface area contributed by atoms with Gasteiger partial charge in [0.2, 0.25) is 0 Å². The number of hydrogen-bond acceptors (Lipinski definition) is 3. The van der Waals surface area contributed by atoms with Crippen molar-refractivity contribution in [2.24, 2.45) is 0 Å². The fourth-order valence-electron chi connectivity index (χ4n) is 2.83. The van der Waals surface area contributed by atoms with E-state index in [1.165, 1.54) is 7.11 Å². The summed E-state index contributed by atoms with van der Waals surface area (Å²) >= 11 is 0. The normalized spacial score (nSPS) is 20.6. The smallest absolute Gasteiger partial charge is 0.268 e. The highest BCUT2D eigenvalue weighted by atomic mass is 16.7. The van der Waals surface area contributed by atoms with Gasteiger partial charge in [-0.05, 0) is 43.7 Å². The zero-order chi connectivity index (χ0) is 17.4. The Morgan fingerprint density at radius 1 is 1.21 bits per heavy atom. The lowest BCUT2D eigenvalue weighted by molar-refractivity contribution is -0.170. The lowest BCUT2D eigenvalue weighted by Gasteiger charge is -2.22. The highest BCUT2D eigenvalue weighted by Gasteiger charge is 2.24. The van der Waals surface area contributed by atoms with Crippen LogP contribution in [0.15, 0.2) is 36.4 Å². The average Bonchev–Trinajstić information content (AvgIpc) is 2.62. The second-order valence-electron chi connectivity index (χ2n) is 6.01. The zero-order valence-corrected chi connectivity index (χ0v) is 14.5. The first kappa shape index (κ1) is 18.2. The maximum atomic E-state index is 12.7. The van der Waals surface area contributed by atoms with Gasteiger partial charge in [0.15, 0.2) is 0 Å². The molecule has 1 N–H and O–H groups in total. The van der Waals surface area contributed by atoms with E-state index in [0.717, 1.165) is 42.7 Å². The van der Waals surface area contributed by atoms with E-state index in [1.54, 1.807) is 7.05 Å². The van der Waals surface area contributed by atoms with Gasteiger partial charge in [-0.3, -0.25) is 14.4 Å². The lowest BCUT2D eigenvalue weighted by atomic mass is 10.00. The van der Waals surface area contributed by atoms with Crippen molar-refractivity contribution in [1.82, 2.24) is 10.4 Å². The second kappa shape index (κ2) is 9.23. The van der Waals surface area contributed by atoms with E-state index in [-0.39, 0.29) is 11.8 Å². The number of hydroxylamine groups is 2. The van der Waals surface area contributed by atoms with E-state index >= 15 is 0 Å². The Morgan fingerprint density at radius 2 is 2.00 bits per heavy atom. The van der Waals surface area contributed by atoms with Crippen LogP contribution in [0.4, 0.5) is 0 Å². The van der Waals surface area contributed by atoms with Crippen molar-refractivity contribution in [1.29, 1.82) is 0 Å². The Morgan fingerprint density at radius 3 is 2.79 bits per heavy atom. The lowest BCUT2D eigenvalue weighted by Crippen LogP contribution is -2.47. The highest BCUT2D eigenvalue weighted by Crippen LogP contribution is 2.15. The molecule has 0 saturated heterocycles. The number of hydrogen-bond donors (Lipinski definition) is 1. The molecule has 5 heteroatoms. The van der Waals surface area contributed by atoms with Gasteiger partial charge in [-0.15, -0.1) is 0 Å². The van der Waals surface area contributed by atoms with Crippen molar-refractivity contribution in [2.45, 2.75) is 44.6 Å². The molecule has 1 aliphatic heterocycles. The maximum absolute atomic E-state index is 12.7. The van der Waals surface area contributed by atoms with Crippen LogP contribution in [0.5, 0.6) is 0 Å². The van der Waals surface area contributed by atoms with E-state index < -0.39 is 6.04 Å². The molecule has 0 aliphatic carbocycles. The summed E-state index contributed by atoms with van der Waals surface area (Å²) in [4.78, 5) is 30.1. The standard InChI is InChI=1S/C19H26N2O3/c1-21(24-2)19(23)17-14-8-6-4-3-5-7-11-15-12-9-10-13-16(15)18(22)20-17/h6,8-10,12-13,17H,3-5,7,11,14H2,1-2H3,(H,20,22)/b8-6-/t17-/m0/s1. The summed E-state index contributed by atoms with van der Waals surface area (Å²) in [7, 11) is 2.98. The first-order valence-corrected chi connectivity index (χ1v) is 8.49. The molecule has 0 saturated carbocycles. The Hall–Kier alpha value is -2.14. The van der Waals surface area contributed by atoms with Crippen molar-refractivity contribution in [2.75, 3.05) is 14.2 Å². The number of rotatable bonds is 2. The summed E-state index contributed by atoms with van der Waals surface area (Å²) in [5.74, 6) is -0.469. The molecule has 1 atom stereocenters. The predicted molar refractivity (Wildman–Crippen MR) is 93.4 cm³/mol. The number of aryl methyl sites for hydroxylation is 1. The number of amides is 2. The fourth-order valence-corrected chi connectivity index (χ4v) is 2.83. The maximum Gasteiger partial charge on any atom is 0.268 e. The Bertz CT molecular complexity index is 598. The molecule has 1 aromatic carbocycles. The molecule has 130 valence electrons. The number of nitrogens with zero attached hydrogens (tertiary/aromatic N) is 1. The molecule has 2 rings (SSSR count). The monoisotopic (exact) mass is 330 g/mol. The first-order valence-electron chi connectivity index (χ1n) is 8.49. The quantitative estimate of drug-likeness (QED) is 0.670. The van der Waals surface area contributed by atoms with Gasteiger partial charge in [-0.2, -0.15) is 0 Å². The molecule has 1 heterocycles. The molecular weight excluding hydrogens is 304 g/mol. The van der Waals surface area contributed by atoms with Crippen LogP contribution in [0.3, 0.4) is 0 Å². The SMILES string of the molecule is CON(C)C(=O)[C@@H]1C/C=C\CCCCCc2ccccc2C(=O)N1. The molecule has 0 spiro atoms. The summed E-state index contributed by atoms with van der Waals surface area (Å²) in [6.45, 7) is 0. The number of fused-ring (bicyclic) bond motifs is 1. The summed E-state index contributed by atoms with van der Waals surface area (Å²) in [5.41, 5.74) is 1.69. The largest absolute Gasteiger partial charge is 0.340 e. The van der Waals surface area contributed by atoms with Crippen LogP contribution in [0.25, 0.3) is 0 Å². The van der Waals surface area contributed by atoms with Gasteiger partial charge in [0.1, 0.15) is 6.04 Å². The third-order valence-corrected chi connectivity index (χ3v) is 4.30. The van der Waals surface area contributed by atoms with E-state index in [2.05, 4.69) is 11.4 Å². The molecule has 24 heavy (non-hydrogen) atoms. The Balaban J connectivity index is 2.25. The summed E-state index contributed by atoms with van der Waals surface area (Å²) in [6.07, 6.45) is 9.71. The van der Waals surface area contributed by atoms with Crippen LogP contribution in [0.1, 0.15) is 48.0 Å². The minimum Gasteiger partial charge on any atom is -0.340 e. The van der Waals surface area contributed by atoms with Crippen molar-refractivity contribution in [3.63, 3.8) is 0 Å². The number of carbonyl (C=O) groups is 2. The summed E-state index contributed by atoms with van der Waals surface area (Å²) < 4.78 is 0. The summed E-state index contributed by atoms with van der Waals surface area (Å²) in [6, 6.07) is 6.99. The third kappa shape index (κ3) is 4.93. The minimum absolute atomic E-state index is 0.207. The highest BCUT2D eigenvalue weighted by molar-refractivity contribution is 5.98. The third-order valence-electron chi connectivity index (χ3n) is 4.30. The molecule has 2 amide bonds. The number of carbonyl (C=O) groups excluding carboxylic acids is 2. The topological polar surface area (TPSA) is 58.6 Å². The van der Waals surface area contributed by atoms with Crippen LogP contribution in [-0.2, 0) is 16.1 Å². The van der Waals surface area contributed by atoms with Crippen LogP contribution >= 0.6 is 0 Å². The van der Waals surface area contributed by atoms with Gasteiger partial charge < -0.3 is 5.32 Å². The van der Waals surface area contributed by atoms with E-state index in [1.807, 2.05) is 30.3 Å². The van der Waals surface area contributed by atoms with Gasteiger partial charge in [0.25, 0.3) is 11.8 Å². The molecule has 5 nitrogen and oxygen atoms in total. The van der Waals surface area contributed by atoms with Crippen molar-refractivity contribution in [3.8, 4) is 0 Å².